The summed E-state index contributed by atoms with van der Waals surface area (Å²) in [6, 6.07) is 5.68. The van der Waals surface area contributed by atoms with E-state index in [1.807, 2.05) is 22.9 Å². The normalized spacial score (nSPS) is 19.9. The first-order valence-electron chi connectivity index (χ1n) is 8.71. The molecule has 126 valence electrons. The van der Waals surface area contributed by atoms with E-state index in [1.54, 1.807) is 17.3 Å². The number of nitrogens with zero attached hydrogens (tertiary/aromatic N) is 4. The van der Waals surface area contributed by atoms with Gasteiger partial charge < -0.3 is 9.64 Å². The second-order valence-electron chi connectivity index (χ2n) is 6.46. The van der Waals surface area contributed by atoms with E-state index in [4.69, 9.17) is 4.74 Å². The van der Waals surface area contributed by atoms with Crippen LogP contribution in [0.2, 0.25) is 0 Å². The zero-order chi connectivity index (χ0) is 16.4. The van der Waals surface area contributed by atoms with Gasteiger partial charge >= 0.3 is 0 Å². The Kier molecular flexibility index (Phi) is 4.30. The summed E-state index contributed by atoms with van der Waals surface area (Å²) < 4.78 is 7.72. The molecule has 1 saturated heterocycles. The number of hydrogen-bond acceptors (Lipinski definition) is 4. The van der Waals surface area contributed by atoms with Crippen molar-refractivity contribution in [2.45, 2.75) is 44.8 Å². The molecule has 24 heavy (non-hydrogen) atoms. The fourth-order valence-corrected chi connectivity index (χ4v) is 3.48. The standard InChI is InChI=1S/C18H22N4O2/c23-18(17-12-15-4-1-2-10-22(15)20-17)21(13-16-5-3-11-24-16)14-6-8-19-9-7-14/h6-9,12,16H,1-5,10-11,13H2/t16-/m1/s1. The average molecular weight is 326 g/mol. The summed E-state index contributed by atoms with van der Waals surface area (Å²) in [5.74, 6) is -0.0569. The number of anilines is 1. The Morgan fingerprint density at radius 1 is 1.29 bits per heavy atom. The molecule has 0 N–H and O–H groups in total. The van der Waals surface area contributed by atoms with Gasteiger partial charge in [-0.2, -0.15) is 5.10 Å². The Balaban J connectivity index is 1.61. The Morgan fingerprint density at radius 3 is 2.92 bits per heavy atom. The van der Waals surface area contributed by atoms with E-state index in [9.17, 15) is 4.79 Å². The molecule has 2 aromatic heterocycles. The number of aromatic nitrogens is 3. The van der Waals surface area contributed by atoms with Crippen LogP contribution in [0, 0.1) is 0 Å². The van der Waals surface area contributed by atoms with E-state index < -0.39 is 0 Å². The van der Waals surface area contributed by atoms with E-state index in [1.165, 1.54) is 6.42 Å². The molecule has 0 unspecified atom stereocenters. The average Bonchev–Trinajstić information content (AvgIpc) is 3.29. The molecule has 0 saturated carbocycles. The van der Waals surface area contributed by atoms with Gasteiger partial charge in [-0.3, -0.25) is 14.5 Å². The first-order valence-corrected chi connectivity index (χ1v) is 8.71. The summed E-state index contributed by atoms with van der Waals surface area (Å²) in [6.07, 6.45) is 8.87. The highest BCUT2D eigenvalue weighted by Gasteiger charge is 2.27. The number of rotatable bonds is 4. The van der Waals surface area contributed by atoms with Crippen LogP contribution in [0.15, 0.2) is 30.6 Å². The van der Waals surface area contributed by atoms with Crippen molar-refractivity contribution >= 4 is 11.6 Å². The van der Waals surface area contributed by atoms with Gasteiger partial charge in [0.15, 0.2) is 5.69 Å². The van der Waals surface area contributed by atoms with Crippen molar-refractivity contribution in [2.75, 3.05) is 18.1 Å². The van der Waals surface area contributed by atoms with E-state index in [0.29, 0.717) is 12.2 Å². The minimum atomic E-state index is -0.0569. The SMILES string of the molecule is O=C(c1cc2n(n1)CCCC2)N(C[C@H]1CCCO1)c1ccncc1. The molecule has 0 bridgehead atoms. The van der Waals surface area contributed by atoms with Crippen molar-refractivity contribution in [1.29, 1.82) is 0 Å². The lowest BCUT2D eigenvalue weighted by atomic mass is 10.1. The molecule has 6 nitrogen and oxygen atoms in total. The number of pyridine rings is 1. The molecule has 0 spiro atoms. The van der Waals surface area contributed by atoms with Crippen molar-refractivity contribution in [3.63, 3.8) is 0 Å². The molecular formula is C18H22N4O2. The van der Waals surface area contributed by atoms with E-state index >= 15 is 0 Å². The maximum atomic E-state index is 13.1. The van der Waals surface area contributed by atoms with Crippen LogP contribution in [0.1, 0.15) is 41.9 Å². The smallest absolute Gasteiger partial charge is 0.278 e. The van der Waals surface area contributed by atoms with Crippen LogP contribution in [-0.2, 0) is 17.7 Å². The van der Waals surface area contributed by atoms with Crippen LogP contribution >= 0.6 is 0 Å². The number of fused-ring (bicyclic) bond motifs is 1. The Morgan fingerprint density at radius 2 is 2.17 bits per heavy atom. The van der Waals surface area contributed by atoms with Crippen LogP contribution in [0.5, 0.6) is 0 Å². The zero-order valence-electron chi connectivity index (χ0n) is 13.7. The van der Waals surface area contributed by atoms with Gasteiger partial charge in [0.1, 0.15) is 0 Å². The molecule has 4 heterocycles. The maximum absolute atomic E-state index is 13.1. The van der Waals surface area contributed by atoms with Gasteiger partial charge in [-0.1, -0.05) is 0 Å². The number of carbonyl (C=O) groups is 1. The highest BCUT2D eigenvalue weighted by Crippen LogP contribution is 2.22. The van der Waals surface area contributed by atoms with Crippen molar-refractivity contribution in [3.05, 3.63) is 42.0 Å². The van der Waals surface area contributed by atoms with Gasteiger partial charge in [-0.05, 0) is 50.3 Å². The number of aryl methyl sites for hydroxylation is 2. The summed E-state index contributed by atoms with van der Waals surface area (Å²) in [6.45, 7) is 2.25. The van der Waals surface area contributed by atoms with E-state index in [2.05, 4.69) is 10.1 Å². The van der Waals surface area contributed by atoms with Gasteiger partial charge in [0, 0.05) is 36.9 Å². The molecule has 2 aromatic rings. The Hall–Kier alpha value is -2.21. The van der Waals surface area contributed by atoms with Gasteiger partial charge in [0.2, 0.25) is 0 Å². The largest absolute Gasteiger partial charge is 0.376 e. The van der Waals surface area contributed by atoms with Crippen molar-refractivity contribution in [1.82, 2.24) is 14.8 Å². The first-order chi connectivity index (χ1) is 11.8. The Bertz CT molecular complexity index is 684. The molecule has 1 amide bonds. The molecule has 2 aliphatic rings. The summed E-state index contributed by atoms with van der Waals surface area (Å²) in [5, 5.41) is 4.54. The lowest BCUT2D eigenvalue weighted by Gasteiger charge is -2.24. The predicted octanol–water partition coefficient (Wildman–Crippen LogP) is 2.44. The molecule has 0 aromatic carbocycles. The van der Waals surface area contributed by atoms with Gasteiger partial charge in [0.25, 0.3) is 5.91 Å². The molecule has 0 aliphatic carbocycles. The van der Waals surface area contributed by atoms with Crippen molar-refractivity contribution in [2.24, 2.45) is 0 Å². The molecule has 4 rings (SSSR count). The molecule has 2 aliphatic heterocycles. The second-order valence-corrected chi connectivity index (χ2v) is 6.46. The van der Waals surface area contributed by atoms with Crippen LogP contribution in [0.25, 0.3) is 0 Å². The molecular weight excluding hydrogens is 304 g/mol. The Labute approximate surface area is 141 Å². The first kappa shape index (κ1) is 15.3. The predicted molar refractivity (Wildman–Crippen MR) is 90.1 cm³/mol. The quantitative estimate of drug-likeness (QED) is 0.866. The maximum Gasteiger partial charge on any atom is 0.278 e. The highest BCUT2D eigenvalue weighted by molar-refractivity contribution is 6.04. The lowest BCUT2D eigenvalue weighted by molar-refractivity contribution is 0.0912. The summed E-state index contributed by atoms with van der Waals surface area (Å²) in [5.41, 5.74) is 2.54. The van der Waals surface area contributed by atoms with Gasteiger partial charge in [0.05, 0.1) is 12.6 Å². The molecule has 6 heteroatoms. The molecule has 1 atom stereocenters. The third kappa shape index (κ3) is 3.06. The topological polar surface area (TPSA) is 60.2 Å². The minimum absolute atomic E-state index is 0.0569. The fourth-order valence-electron chi connectivity index (χ4n) is 3.48. The third-order valence-corrected chi connectivity index (χ3v) is 4.77. The zero-order valence-corrected chi connectivity index (χ0v) is 13.7. The van der Waals surface area contributed by atoms with E-state index in [0.717, 1.165) is 50.2 Å². The van der Waals surface area contributed by atoms with Crippen LogP contribution in [-0.4, -0.2) is 39.9 Å². The lowest BCUT2D eigenvalue weighted by Crippen LogP contribution is -2.37. The summed E-state index contributed by atoms with van der Waals surface area (Å²) in [7, 11) is 0. The number of ether oxygens (including phenoxy) is 1. The van der Waals surface area contributed by atoms with Crippen molar-refractivity contribution < 1.29 is 9.53 Å². The van der Waals surface area contributed by atoms with Crippen LogP contribution < -0.4 is 4.90 Å². The molecule has 1 fully saturated rings. The number of hydrogen-bond donors (Lipinski definition) is 0. The summed E-state index contributed by atoms with van der Waals surface area (Å²) >= 11 is 0. The summed E-state index contributed by atoms with van der Waals surface area (Å²) in [4.78, 5) is 19.0. The number of amides is 1. The highest BCUT2D eigenvalue weighted by atomic mass is 16.5. The monoisotopic (exact) mass is 326 g/mol. The van der Waals surface area contributed by atoms with E-state index in [-0.39, 0.29) is 12.0 Å². The van der Waals surface area contributed by atoms with Crippen molar-refractivity contribution in [3.8, 4) is 0 Å². The minimum Gasteiger partial charge on any atom is -0.376 e. The molecule has 0 radical (unpaired) electrons. The fraction of sp³-hybridized carbons (Fsp3) is 0.500. The van der Waals surface area contributed by atoms with Gasteiger partial charge in [-0.15, -0.1) is 0 Å². The van der Waals surface area contributed by atoms with Crippen LogP contribution in [0.4, 0.5) is 5.69 Å². The van der Waals surface area contributed by atoms with Crippen LogP contribution in [0.3, 0.4) is 0 Å². The second kappa shape index (κ2) is 6.73. The van der Waals surface area contributed by atoms with Gasteiger partial charge in [-0.25, -0.2) is 0 Å². The third-order valence-electron chi connectivity index (χ3n) is 4.77. The number of carbonyl (C=O) groups excluding carboxylic acids is 1.